The van der Waals surface area contributed by atoms with Crippen molar-refractivity contribution in [2.45, 2.75) is 12.0 Å². The highest BCUT2D eigenvalue weighted by Crippen LogP contribution is 2.40. The number of benzene rings is 4. The van der Waals surface area contributed by atoms with Gasteiger partial charge < -0.3 is 0 Å². The van der Waals surface area contributed by atoms with Gasteiger partial charge in [-0.2, -0.15) is 0 Å². The molecule has 0 unspecified atom stereocenters. The fraction of sp³-hybridized carbons (Fsp3) is 0.0625. The van der Waals surface area contributed by atoms with Gasteiger partial charge in [0.1, 0.15) is 0 Å². The minimum absolute atomic E-state index is 0.493. The summed E-state index contributed by atoms with van der Waals surface area (Å²) >= 11 is 1.47. The van der Waals surface area contributed by atoms with Crippen molar-refractivity contribution in [3.63, 3.8) is 0 Å². The van der Waals surface area contributed by atoms with E-state index in [0.29, 0.717) is 17.1 Å². The number of tetrazole rings is 1. The monoisotopic (exact) mass is 512 g/mol. The number of nitrogens with zero attached hydrogens (tertiary/aromatic N) is 4. The molecule has 0 aliphatic rings. The maximum Gasteiger partial charge on any atom is 0.206 e. The fourth-order valence-corrected chi connectivity index (χ4v) is 5.97. The first-order valence-corrected chi connectivity index (χ1v) is 13.2. The molecular formula is C32H24N4OS. The zero-order valence-corrected chi connectivity index (χ0v) is 21.3. The minimum Gasteiger partial charge on any atom is -0.297 e. The van der Waals surface area contributed by atoms with Gasteiger partial charge in [0.2, 0.25) is 5.82 Å². The van der Waals surface area contributed by atoms with Gasteiger partial charge in [0.25, 0.3) is 0 Å². The SMILES string of the molecule is O=Cc1cc(-c2nnn(C(c3ccccc3)(c3ccccc3)c3ccccc3)n2)c(Cc2ccccc2)s1. The Bertz CT molecular complexity index is 1550. The average Bonchev–Trinajstić information content (AvgIpc) is 3.63. The first-order chi connectivity index (χ1) is 18.8. The van der Waals surface area contributed by atoms with Crippen molar-refractivity contribution < 1.29 is 4.79 Å². The summed E-state index contributed by atoms with van der Waals surface area (Å²) < 4.78 is 0. The Kier molecular flexibility index (Phi) is 6.46. The number of hydrogen-bond acceptors (Lipinski definition) is 5. The maximum absolute atomic E-state index is 11.7. The van der Waals surface area contributed by atoms with Crippen LogP contribution in [0.5, 0.6) is 0 Å². The predicted molar refractivity (Wildman–Crippen MR) is 150 cm³/mol. The molecule has 0 N–H and O–H groups in total. The Morgan fingerprint density at radius 3 is 1.71 bits per heavy atom. The van der Waals surface area contributed by atoms with Gasteiger partial charge in [-0.25, -0.2) is 0 Å². The molecule has 0 fully saturated rings. The summed E-state index contributed by atoms with van der Waals surface area (Å²) in [5, 5.41) is 14.2. The molecule has 6 heteroatoms. The van der Waals surface area contributed by atoms with Gasteiger partial charge in [-0.3, -0.25) is 4.79 Å². The Hall–Kier alpha value is -4.68. The fourth-order valence-electron chi connectivity index (χ4n) is 4.96. The molecule has 184 valence electrons. The van der Waals surface area contributed by atoms with Crippen molar-refractivity contribution in [3.05, 3.63) is 159 Å². The molecule has 38 heavy (non-hydrogen) atoms. The lowest BCUT2D eigenvalue weighted by Crippen LogP contribution is -2.39. The largest absolute Gasteiger partial charge is 0.297 e. The standard InChI is InChI=1S/C32H24N4OS/c37-23-28-22-29(30(38-28)21-24-13-5-1-6-14-24)31-33-35-36(34-31)32(25-15-7-2-8-16-25,26-17-9-3-10-18-26)27-19-11-4-12-20-27/h1-20,22-23H,21H2. The molecule has 0 spiro atoms. The maximum atomic E-state index is 11.7. The van der Waals surface area contributed by atoms with E-state index in [1.165, 1.54) is 11.3 Å². The minimum atomic E-state index is -0.849. The number of rotatable bonds is 8. The number of aromatic nitrogens is 4. The second-order valence-electron chi connectivity index (χ2n) is 8.98. The molecule has 0 aliphatic carbocycles. The molecule has 0 atom stereocenters. The third-order valence-electron chi connectivity index (χ3n) is 6.68. The molecule has 6 rings (SSSR count). The van der Waals surface area contributed by atoms with Crippen molar-refractivity contribution in [1.29, 1.82) is 0 Å². The highest BCUT2D eigenvalue weighted by Gasteiger charge is 2.41. The van der Waals surface area contributed by atoms with Crippen molar-refractivity contribution in [2.24, 2.45) is 0 Å². The molecule has 6 aromatic rings. The molecular weight excluding hydrogens is 488 g/mol. The molecule has 0 aliphatic heterocycles. The molecule has 5 nitrogen and oxygen atoms in total. The summed E-state index contributed by atoms with van der Waals surface area (Å²) in [5.74, 6) is 0.493. The van der Waals surface area contributed by atoms with Crippen molar-refractivity contribution in [2.75, 3.05) is 0 Å². The van der Waals surface area contributed by atoms with Gasteiger partial charge in [-0.1, -0.05) is 121 Å². The molecule has 0 saturated carbocycles. The van der Waals surface area contributed by atoms with Gasteiger partial charge in [0.15, 0.2) is 11.8 Å². The lowest BCUT2D eigenvalue weighted by molar-refractivity contribution is 0.112. The molecule has 2 heterocycles. The van der Waals surface area contributed by atoms with Crippen LogP contribution in [0.25, 0.3) is 11.4 Å². The number of carbonyl (C=O) groups excluding carboxylic acids is 1. The van der Waals surface area contributed by atoms with E-state index >= 15 is 0 Å². The predicted octanol–water partition coefficient (Wildman–Crippen LogP) is 6.65. The van der Waals surface area contributed by atoms with E-state index < -0.39 is 5.54 Å². The Morgan fingerprint density at radius 2 is 1.21 bits per heavy atom. The van der Waals surface area contributed by atoms with Crippen LogP contribution in [0.15, 0.2) is 127 Å². The van der Waals surface area contributed by atoms with Crippen LogP contribution in [0.1, 0.15) is 36.8 Å². The van der Waals surface area contributed by atoms with Gasteiger partial charge in [-0.15, -0.1) is 26.3 Å². The van der Waals surface area contributed by atoms with E-state index in [2.05, 4.69) is 58.8 Å². The van der Waals surface area contributed by atoms with Crippen molar-refractivity contribution in [1.82, 2.24) is 20.2 Å². The second-order valence-corrected chi connectivity index (χ2v) is 10.1. The number of aldehydes is 1. The Labute approximate surface area is 225 Å². The van der Waals surface area contributed by atoms with Crippen LogP contribution in [-0.2, 0) is 12.0 Å². The van der Waals surface area contributed by atoms with Crippen LogP contribution in [0.3, 0.4) is 0 Å². The van der Waals surface area contributed by atoms with E-state index in [1.807, 2.05) is 78.9 Å². The van der Waals surface area contributed by atoms with Crippen molar-refractivity contribution >= 4 is 17.6 Å². The van der Waals surface area contributed by atoms with Crippen LogP contribution in [0.4, 0.5) is 0 Å². The summed E-state index contributed by atoms with van der Waals surface area (Å²) in [6, 6.07) is 42.8. The summed E-state index contributed by atoms with van der Waals surface area (Å²) in [4.78, 5) is 15.1. The van der Waals surface area contributed by atoms with Crippen LogP contribution in [-0.4, -0.2) is 26.5 Å². The van der Waals surface area contributed by atoms with E-state index in [0.717, 1.165) is 39.0 Å². The van der Waals surface area contributed by atoms with E-state index in [4.69, 9.17) is 5.10 Å². The molecule has 4 aromatic carbocycles. The van der Waals surface area contributed by atoms with Crippen LogP contribution in [0.2, 0.25) is 0 Å². The summed E-state index contributed by atoms with van der Waals surface area (Å²) in [5.41, 5.74) is 4.19. The highest BCUT2D eigenvalue weighted by atomic mass is 32.1. The third kappa shape index (κ3) is 4.25. The third-order valence-corrected chi connectivity index (χ3v) is 7.74. The van der Waals surface area contributed by atoms with Crippen LogP contribution in [0, 0.1) is 0 Å². The lowest BCUT2D eigenvalue weighted by atomic mass is 9.77. The lowest BCUT2D eigenvalue weighted by Gasteiger charge is -2.34. The Balaban J connectivity index is 1.56. The van der Waals surface area contributed by atoms with E-state index in [1.54, 1.807) is 4.80 Å². The number of hydrogen-bond donors (Lipinski definition) is 0. The Morgan fingerprint density at radius 1 is 0.711 bits per heavy atom. The van der Waals surface area contributed by atoms with E-state index in [9.17, 15) is 4.79 Å². The molecule has 0 amide bonds. The number of thiophene rings is 1. The van der Waals surface area contributed by atoms with Crippen LogP contribution >= 0.6 is 11.3 Å². The summed E-state index contributed by atoms with van der Waals surface area (Å²) in [6.07, 6.45) is 1.57. The zero-order chi connectivity index (χ0) is 25.8. The molecule has 0 bridgehead atoms. The smallest absolute Gasteiger partial charge is 0.206 e. The normalized spacial score (nSPS) is 11.4. The first-order valence-electron chi connectivity index (χ1n) is 12.4. The highest BCUT2D eigenvalue weighted by molar-refractivity contribution is 7.14. The average molecular weight is 513 g/mol. The van der Waals surface area contributed by atoms with Crippen LogP contribution < -0.4 is 0 Å². The summed E-state index contributed by atoms with van der Waals surface area (Å²) in [7, 11) is 0. The van der Waals surface area contributed by atoms with Gasteiger partial charge >= 0.3 is 0 Å². The topological polar surface area (TPSA) is 60.7 Å². The molecule has 2 aromatic heterocycles. The second kappa shape index (κ2) is 10.4. The van der Waals surface area contributed by atoms with Gasteiger partial charge in [0.05, 0.1) is 4.88 Å². The summed E-state index contributed by atoms with van der Waals surface area (Å²) in [6.45, 7) is 0. The number of carbonyl (C=O) groups is 1. The zero-order valence-electron chi connectivity index (χ0n) is 20.5. The first kappa shape index (κ1) is 23.7. The van der Waals surface area contributed by atoms with Gasteiger partial charge in [-0.05, 0) is 33.5 Å². The van der Waals surface area contributed by atoms with E-state index in [-0.39, 0.29) is 0 Å². The molecule has 0 radical (unpaired) electrons. The van der Waals surface area contributed by atoms with Gasteiger partial charge in [0, 0.05) is 16.9 Å². The quantitative estimate of drug-likeness (QED) is 0.169. The van der Waals surface area contributed by atoms with Crippen molar-refractivity contribution in [3.8, 4) is 11.4 Å². The molecule has 0 saturated heterocycles.